The third-order valence-corrected chi connectivity index (χ3v) is 2.43. The second-order valence-electron chi connectivity index (χ2n) is 2.69. The van der Waals surface area contributed by atoms with Crippen LogP contribution in [0.1, 0.15) is 0 Å². The lowest BCUT2D eigenvalue weighted by Gasteiger charge is -2.03. The molecular weight excluding hydrogens is 283 g/mol. The van der Waals surface area contributed by atoms with E-state index in [1.165, 1.54) is 0 Å². The van der Waals surface area contributed by atoms with Gasteiger partial charge in [-0.15, -0.1) is 0 Å². The molecule has 1 heterocycles. The van der Waals surface area contributed by atoms with Gasteiger partial charge in [0.25, 0.3) is 0 Å². The van der Waals surface area contributed by atoms with Gasteiger partial charge in [-0.3, -0.25) is 0 Å². The molecule has 1 aromatic heterocycles. The highest BCUT2D eigenvalue weighted by molar-refractivity contribution is 9.10. The standard InChI is InChI=1S/C8H6BrClN4O/c9-4-1-2-5(10)6(3-4)12-8-14-13-7(11)15-8/h1-3H,(H2,11,13)(H,12,14). The average molecular weight is 290 g/mol. The summed E-state index contributed by atoms with van der Waals surface area (Å²) < 4.78 is 5.84. The Labute approximate surface area is 98.8 Å². The van der Waals surface area contributed by atoms with E-state index in [4.69, 9.17) is 21.8 Å². The van der Waals surface area contributed by atoms with Crippen LogP contribution < -0.4 is 11.1 Å². The number of rotatable bonds is 2. The Morgan fingerprint density at radius 3 is 2.87 bits per heavy atom. The molecule has 2 aromatic rings. The number of nitrogen functional groups attached to an aromatic ring is 1. The molecule has 0 aliphatic rings. The molecular formula is C8H6BrClN4O. The van der Waals surface area contributed by atoms with Gasteiger partial charge in [-0.1, -0.05) is 37.7 Å². The van der Waals surface area contributed by atoms with E-state index < -0.39 is 0 Å². The molecule has 0 atom stereocenters. The van der Waals surface area contributed by atoms with Crippen molar-refractivity contribution in [2.24, 2.45) is 0 Å². The summed E-state index contributed by atoms with van der Waals surface area (Å²) in [7, 11) is 0. The van der Waals surface area contributed by atoms with Crippen LogP contribution >= 0.6 is 27.5 Å². The van der Waals surface area contributed by atoms with Crippen LogP contribution in [-0.2, 0) is 0 Å². The molecule has 0 amide bonds. The summed E-state index contributed by atoms with van der Waals surface area (Å²) in [6.07, 6.45) is 0. The Bertz CT molecular complexity index is 487. The highest BCUT2D eigenvalue weighted by Gasteiger charge is 2.06. The molecule has 0 spiro atoms. The number of aromatic nitrogens is 2. The van der Waals surface area contributed by atoms with Gasteiger partial charge in [0.1, 0.15) is 0 Å². The van der Waals surface area contributed by atoms with Crippen molar-refractivity contribution in [3.8, 4) is 0 Å². The number of hydrogen-bond donors (Lipinski definition) is 2. The van der Waals surface area contributed by atoms with E-state index in [1.54, 1.807) is 12.1 Å². The number of halogens is 2. The molecule has 15 heavy (non-hydrogen) atoms. The van der Waals surface area contributed by atoms with Gasteiger partial charge in [-0.2, -0.15) is 0 Å². The normalized spacial score (nSPS) is 10.3. The van der Waals surface area contributed by atoms with Crippen molar-refractivity contribution in [2.75, 3.05) is 11.1 Å². The molecule has 0 radical (unpaired) electrons. The molecule has 0 unspecified atom stereocenters. The molecule has 0 bridgehead atoms. The van der Waals surface area contributed by atoms with Crippen LogP contribution in [0.25, 0.3) is 0 Å². The highest BCUT2D eigenvalue weighted by Crippen LogP contribution is 2.28. The summed E-state index contributed by atoms with van der Waals surface area (Å²) in [5.41, 5.74) is 5.94. The Morgan fingerprint density at radius 2 is 2.20 bits per heavy atom. The fraction of sp³-hybridized carbons (Fsp3) is 0. The minimum Gasteiger partial charge on any atom is -0.389 e. The zero-order valence-electron chi connectivity index (χ0n) is 7.37. The van der Waals surface area contributed by atoms with Crippen LogP contribution in [0.15, 0.2) is 27.1 Å². The topological polar surface area (TPSA) is 77.0 Å². The van der Waals surface area contributed by atoms with E-state index in [-0.39, 0.29) is 12.0 Å². The minimum atomic E-state index is 0.00335. The molecule has 0 aliphatic carbocycles. The van der Waals surface area contributed by atoms with Crippen LogP contribution in [0.4, 0.5) is 17.7 Å². The Hall–Kier alpha value is -1.27. The minimum absolute atomic E-state index is 0.00335. The van der Waals surface area contributed by atoms with Gasteiger partial charge < -0.3 is 15.5 Å². The summed E-state index contributed by atoms with van der Waals surface area (Å²) in [5, 5.41) is 10.6. The number of nitrogens with one attached hydrogen (secondary N) is 1. The molecule has 1 aromatic carbocycles. The lowest BCUT2D eigenvalue weighted by atomic mass is 10.3. The van der Waals surface area contributed by atoms with E-state index >= 15 is 0 Å². The summed E-state index contributed by atoms with van der Waals surface area (Å²) in [6.45, 7) is 0. The predicted octanol–water partition coefficient (Wildman–Crippen LogP) is 2.81. The first-order valence-corrected chi connectivity index (χ1v) is 5.13. The molecule has 5 nitrogen and oxygen atoms in total. The van der Waals surface area contributed by atoms with Gasteiger partial charge in [0.15, 0.2) is 0 Å². The molecule has 0 aliphatic heterocycles. The van der Waals surface area contributed by atoms with Crippen LogP contribution in [-0.4, -0.2) is 10.2 Å². The largest absolute Gasteiger partial charge is 0.389 e. The zero-order chi connectivity index (χ0) is 10.8. The van der Waals surface area contributed by atoms with Crippen LogP contribution in [0.5, 0.6) is 0 Å². The molecule has 0 saturated heterocycles. The molecule has 3 N–H and O–H groups in total. The van der Waals surface area contributed by atoms with Crippen molar-refractivity contribution in [2.45, 2.75) is 0 Å². The number of nitrogens with zero attached hydrogens (tertiary/aromatic N) is 2. The van der Waals surface area contributed by atoms with Crippen molar-refractivity contribution in [1.82, 2.24) is 10.2 Å². The molecule has 2 rings (SSSR count). The molecule has 7 heteroatoms. The van der Waals surface area contributed by atoms with E-state index in [0.29, 0.717) is 10.7 Å². The van der Waals surface area contributed by atoms with Crippen molar-refractivity contribution < 1.29 is 4.42 Å². The Morgan fingerprint density at radius 1 is 1.40 bits per heavy atom. The molecule has 0 saturated carbocycles. The SMILES string of the molecule is Nc1nnc(Nc2cc(Br)ccc2Cl)o1. The van der Waals surface area contributed by atoms with Crippen molar-refractivity contribution in [3.05, 3.63) is 27.7 Å². The van der Waals surface area contributed by atoms with Crippen LogP contribution in [0.3, 0.4) is 0 Å². The average Bonchev–Trinajstić information content (AvgIpc) is 2.58. The lowest BCUT2D eigenvalue weighted by molar-refractivity contribution is 0.593. The van der Waals surface area contributed by atoms with Gasteiger partial charge in [-0.05, 0) is 18.2 Å². The van der Waals surface area contributed by atoms with E-state index in [9.17, 15) is 0 Å². The fourth-order valence-electron chi connectivity index (χ4n) is 0.994. The number of hydrogen-bond acceptors (Lipinski definition) is 5. The van der Waals surface area contributed by atoms with Gasteiger partial charge in [0.2, 0.25) is 0 Å². The zero-order valence-corrected chi connectivity index (χ0v) is 9.71. The maximum absolute atomic E-state index is 5.95. The number of nitrogens with two attached hydrogens (primary N) is 1. The number of benzene rings is 1. The maximum Gasteiger partial charge on any atom is 0.321 e. The second kappa shape index (κ2) is 4.08. The monoisotopic (exact) mass is 288 g/mol. The maximum atomic E-state index is 5.95. The van der Waals surface area contributed by atoms with Gasteiger partial charge in [-0.25, -0.2) is 0 Å². The van der Waals surface area contributed by atoms with Crippen molar-refractivity contribution >= 4 is 45.2 Å². The highest BCUT2D eigenvalue weighted by atomic mass is 79.9. The second-order valence-corrected chi connectivity index (χ2v) is 4.02. The van der Waals surface area contributed by atoms with E-state index in [0.717, 1.165) is 4.47 Å². The van der Waals surface area contributed by atoms with E-state index in [2.05, 4.69) is 31.4 Å². The summed E-state index contributed by atoms with van der Waals surface area (Å²) in [5.74, 6) is 0. The lowest BCUT2D eigenvalue weighted by Crippen LogP contribution is -1.91. The Balaban J connectivity index is 2.27. The van der Waals surface area contributed by atoms with Crippen molar-refractivity contribution in [1.29, 1.82) is 0 Å². The van der Waals surface area contributed by atoms with Crippen molar-refractivity contribution in [3.63, 3.8) is 0 Å². The van der Waals surface area contributed by atoms with Gasteiger partial charge >= 0.3 is 12.0 Å². The van der Waals surface area contributed by atoms with Crippen LogP contribution in [0.2, 0.25) is 5.02 Å². The third-order valence-electron chi connectivity index (χ3n) is 1.61. The first kappa shape index (κ1) is 10.3. The predicted molar refractivity (Wildman–Crippen MR) is 61.1 cm³/mol. The third kappa shape index (κ3) is 2.40. The van der Waals surface area contributed by atoms with Gasteiger partial charge in [0, 0.05) is 4.47 Å². The van der Waals surface area contributed by atoms with E-state index in [1.807, 2.05) is 6.07 Å². The first-order chi connectivity index (χ1) is 7.15. The smallest absolute Gasteiger partial charge is 0.321 e. The molecule has 0 fully saturated rings. The first-order valence-electron chi connectivity index (χ1n) is 3.96. The van der Waals surface area contributed by atoms with Crippen LogP contribution in [0, 0.1) is 0 Å². The number of anilines is 3. The fourth-order valence-corrected chi connectivity index (χ4v) is 1.52. The molecule has 78 valence electrons. The summed E-state index contributed by atoms with van der Waals surface area (Å²) >= 11 is 9.27. The quantitative estimate of drug-likeness (QED) is 0.889. The summed E-state index contributed by atoms with van der Waals surface area (Å²) in [4.78, 5) is 0. The van der Waals surface area contributed by atoms with Gasteiger partial charge in [0.05, 0.1) is 10.7 Å². The summed E-state index contributed by atoms with van der Waals surface area (Å²) in [6, 6.07) is 5.57. The Kier molecular flexibility index (Phi) is 2.79.